The Labute approximate surface area is 107 Å². The van der Waals surface area contributed by atoms with Gasteiger partial charge in [0.15, 0.2) is 9.84 Å². The first kappa shape index (κ1) is 14.1. The number of rotatable bonds is 6. The number of thioether (sulfide) groups is 1. The summed E-state index contributed by atoms with van der Waals surface area (Å²) in [5, 5.41) is 0. The second-order valence-electron chi connectivity index (χ2n) is 3.62. The Hall–Kier alpha value is -1.00. The summed E-state index contributed by atoms with van der Waals surface area (Å²) >= 11 is 1.48. The molecule has 0 aliphatic carbocycles. The highest BCUT2D eigenvalue weighted by Gasteiger charge is 2.17. The standard InChI is InChI=1S/C13H16O2S2/c1-4-8-16-12-10-11(3)6-7-13(12)17(14,15)9-5-2/h4-7,10H,1-2,8-9H2,3H3. The van der Waals surface area contributed by atoms with Crippen molar-refractivity contribution in [1.29, 1.82) is 0 Å². The second-order valence-corrected chi connectivity index (χ2v) is 6.68. The number of hydrogen-bond donors (Lipinski definition) is 0. The van der Waals surface area contributed by atoms with E-state index in [1.165, 1.54) is 17.8 Å². The summed E-state index contributed by atoms with van der Waals surface area (Å²) in [6, 6.07) is 5.37. The van der Waals surface area contributed by atoms with Crippen LogP contribution in [0.15, 0.2) is 53.3 Å². The summed E-state index contributed by atoms with van der Waals surface area (Å²) in [5.41, 5.74) is 1.05. The van der Waals surface area contributed by atoms with Crippen LogP contribution in [0.4, 0.5) is 0 Å². The Kier molecular flexibility index (Phi) is 5.02. The molecule has 1 aromatic rings. The van der Waals surface area contributed by atoms with Crippen LogP contribution in [0.2, 0.25) is 0 Å². The lowest BCUT2D eigenvalue weighted by Gasteiger charge is -2.09. The van der Waals surface area contributed by atoms with Gasteiger partial charge in [-0.25, -0.2) is 8.42 Å². The van der Waals surface area contributed by atoms with Crippen molar-refractivity contribution >= 4 is 21.6 Å². The van der Waals surface area contributed by atoms with E-state index in [1.807, 2.05) is 19.1 Å². The molecule has 17 heavy (non-hydrogen) atoms. The molecule has 0 saturated carbocycles. The zero-order chi connectivity index (χ0) is 12.9. The second kappa shape index (κ2) is 6.07. The molecule has 0 atom stereocenters. The SMILES string of the molecule is C=CCSc1cc(C)ccc1S(=O)(=O)CC=C. The van der Waals surface area contributed by atoms with Crippen molar-refractivity contribution in [3.05, 3.63) is 49.1 Å². The van der Waals surface area contributed by atoms with Crippen molar-refractivity contribution in [2.45, 2.75) is 16.7 Å². The summed E-state index contributed by atoms with van der Waals surface area (Å²) in [6.07, 6.45) is 3.17. The van der Waals surface area contributed by atoms with Crippen LogP contribution in [0, 0.1) is 6.92 Å². The highest BCUT2D eigenvalue weighted by Crippen LogP contribution is 2.28. The monoisotopic (exact) mass is 268 g/mol. The summed E-state index contributed by atoms with van der Waals surface area (Å²) in [5.74, 6) is 0.664. The van der Waals surface area contributed by atoms with Crippen LogP contribution in [0.1, 0.15) is 5.56 Å². The molecular formula is C13H16O2S2. The van der Waals surface area contributed by atoms with Crippen molar-refractivity contribution < 1.29 is 8.42 Å². The van der Waals surface area contributed by atoms with E-state index in [1.54, 1.807) is 12.1 Å². The Morgan fingerprint density at radius 3 is 2.59 bits per heavy atom. The van der Waals surface area contributed by atoms with Gasteiger partial charge in [0, 0.05) is 10.6 Å². The molecule has 0 amide bonds. The van der Waals surface area contributed by atoms with Crippen LogP contribution in [0.3, 0.4) is 0 Å². The molecule has 0 spiro atoms. The van der Waals surface area contributed by atoms with Crippen LogP contribution < -0.4 is 0 Å². The van der Waals surface area contributed by atoms with Gasteiger partial charge in [0.05, 0.1) is 10.6 Å². The Balaban J connectivity index is 3.22. The minimum absolute atomic E-state index is 0.0300. The number of benzene rings is 1. The Morgan fingerprint density at radius 1 is 1.29 bits per heavy atom. The van der Waals surface area contributed by atoms with Gasteiger partial charge in [0.1, 0.15) is 0 Å². The van der Waals surface area contributed by atoms with E-state index in [4.69, 9.17) is 0 Å². The molecule has 0 saturated heterocycles. The van der Waals surface area contributed by atoms with Crippen molar-refractivity contribution in [2.75, 3.05) is 11.5 Å². The molecule has 0 fully saturated rings. The average molecular weight is 268 g/mol. The van der Waals surface area contributed by atoms with Crippen molar-refractivity contribution in [3.8, 4) is 0 Å². The predicted octanol–water partition coefficient (Wildman–Crippen LogP) is 3.23. The van der Waals surface area contributed by atoms with Crippen LogP contribution in [0.25, 0.3) is 0 Å². The number of aryl methyl sites for hydroxylation is 1. The highest BCUT2D eigenvalue weighted by atomic mass is 32.2. The fourth-order valence-electron chi connectivity index (χ4n) is 1.38. The van der Waals surface area contributed by atoms with Crippen LogP contribution >= 0.6 is 11.8 Å². The minimum atomic E-state index is -3.26. The lowest BCUT2D eigenvalue weighted by molar-refractivity contribution is 0.597. The van der Waals surface area contributed by atoms with Gasteiger partial charge in [-0.15, -0.1) is 24.9 Å². The van der Waals surface area contributed by atoms with Crippen LogP contribution in [-0.4, -0.2) is 19.9 Å². The molecule has 4 heteroatoms. The molecule has 0 aliphatic rings. The van der Waals surface area contributed by atoms with Gasteiger partial charge in [0.2, 0.25) is 0 Å². The molecule has 0 unspecified atom stereocenters. The zero-order valence-electron chi connectivity index (χ0n) is 9.85. The van der Waals surface area contributed by atoms with E-state index in [9.17, 15) is 8.42 Å². The first-order chi connectivity index (χ1) is 8.01. The fourth-order valence-corrected chi connectivity index (χ4v) is 3.84. The van der Waals surface area contributed by atoms with Gasteiger partial charge in [-0.05, 0) is 24.6 Å². The maximum atomic E-state index is 12.0. The summed E-state index contributed by atoms with van der Waals surface area (Å²) < 4.78 is 24.0. The zero-order valence-corrected chi connectivity index (χ0v) is 11.5. The largest absolute Gasteiger partial charge is 0.223 e. The van der Waals surface area contributed by atoms with Gasteiger partial charge in [-0.3, -0.25) is 0 Å². The lowest BCUT2D eigenvalue weighted by atomic mass is 10.2. The summed E-state index contributed by atoms with van der Waals surface area (Å²) in [7, 11) is -3.26. The molecule has 1 aromatic carbocycles. The topological polar surface area (TPSA) is 34.1 Å². The molecule has 0 aromatic heterocycles. The third-order valence-electron chi connectivity index (χ3n) is 2.13. The first-order valence-electron chi connectivity index (χ1n) is 5.19. The van der Waals surface area contributed by atoms with Gasteiger partial charge in [0.25, 0.3) is 0 Å². The fraction of sp³-hybridized carbons (Fsp3) is 0.231. The maximum absolute atomic E-state index is 12.0. The number of hydrogen-bond acceptors (Lipinski definition) is 3. The molecular weight excluding hydrogens is 252 g/mol. The molecule has 92 valence electrons. The van der Waals surface area contributed by atoms with E-state index in [0.717, 1.165) is 10.5 Å². The highest BCUT2D eigenvalue weighted by molar-refractivity contribution is 8.00. The van der Waals surface area contributed by atoms with Crippen LogP contribution in [-0.2, 0) is 9.84 Å². The molecule has 0 bridgehead atoms. The number of sulfone groups is 1. The molecule has 0 heterocycles. The van der Waals surface area contributed by atoms with E-state index < -0.39 is 9.84 Å². The van der Waals surface area contributed by atoms with E-state index in [0.29, 0.717) is 10.6 Å². The predicted molar refractivity (Wildman–Crippen MR) is 74.3 cm³/mol. The molecule has 0 aliphatic heterocycles. The third kappa shape index (κ3) is 3.75. The Bertz CT molecular complexity index is 516. The quantitative estimate of drug-likeness (QED) is 0.587. The maximum Gasteiger partial charge on any atom is 0.183 e. The third-order valence-corrected chi connectivity index (χ3v) is 5.01. The summed E-state index contributed by atoms with van der Waals surface area (Å²) in [6.45, 7) is 9.06. The summed E-state index contributed by atoms with van der Waals surface area (Å²) in [4.78, 5) is 1.17. The van der Waals surface area contributed by atoms with Crippen molar-refractivity contribution in [1.82, 2.24) is 0 Å². The van der Waals surface area contributed by atoms with Crippen molar-refractivity contribution in [3.63, 3.8) is 0 Å². The normalized spacial score (nSPS) is 11.1. The van der Waals surface area contributed by atoms with E-state index >= 15 is 0 Å². The molecule has 1 rings (SSSR count). The first-order valence-corrected chi connectivity index (χ1v) is 7.83. The van der Waals surface area contributed by atoms with E-state index in [-0.39, 0.29) is 5.75 Å². The van der Waals surface area contributed by atoms with Gasteiger partial charge in [-0.1, -0.05) is 18.2 Å². The van der Waals surface area contributed by atoms with E-state index in [2.05, 4.69) is 13.2 Å². The lowest BCUT2D eigenvalue weighted by Crippen LogP contribution is -2.06. The van der Waals surface area contributed by atoms with Gasteiger partial charge >= 0.3 is 0 Å². The minimum Gasteiger partial charge on any atom is -0.223 e. The van der Waals surface area contributed by atoms with Gasteiger partial charge < -0.3 is 0 Å². The molecule has 0 radical (unpaired) electrons. The Morgan fingerprint density at radius 2 is 2.00 bits per heavy atom. The average Bonchev–Trinajstić information content (AvgIpc) is 2.26. The molecule has 2 nitrogen and oxygen atoms in total. The van der Waals surface area contributed by atoms with Crippen LogP contribution in [0.5, 0.6) is 0 Å². The molecule has 0 N–H and O–H groups in total. The van der Waals surface area contributed by atoms with Gasteiger partial charge in [-0.2, -0.15) is 0 Å². The van der Waals surface area contributed by atoms with Crippen molar-refractivity contribution in [2.24, 2.45) is 0 Å². The smallest absolute Gasteiger partial charge is 0.183 e.